The van der Waals surface area contributed by atoms with Gasteiger partial charge >= 0.3 is 0 Å². The lowest BCUT2D eigenvalue weighted by molar-refractivity contribution is -0.384. The Morgan fingerprint density at radius 1 is 1.35 bits per heavy atom. The first kappa shape index (κ1) is 20.4. The van der Waals surface area contributed by atoms with Crippen molar-refractivity contribution in [1.29, 1.82) is 0 Å². The Morgan fingerprint density at radius 3 is 2.71 bits per heavy atom. The highest BCUT2D eigenvalue weighted by Gasteiger charge is 2.61. The molecule has 2 aromatic rings. The van der Waals surface area contributed by atoms with E-state index in [-0.39, 0.29) is 22.8 Å². The topological polar surface area (TPSA) is 112 Å². The number of ether oxygens (including phenoxy) is 1. The van der Waals surface area contributed by atoms with Crippen LogP contribution >= 0.6 is 15.9 Å². The monoisotopic (exact) mass is 489 g/mol. The van der Waals surface area contributed by atoms with E-state index in [1.54, 1.807) is 18.5 Å². The van der Waals surface area contributed by atoms with Gasteiger partial charge in [0.1, 0.15) is 17.8 Å². The van der Waals surface area contributed by atoms with E-state index in [2.05, 4.69) is 31.3 Å². The van der Waals surface area contributed by atoms with Gasteiger partial charge in [0.15, 0.2) is 0 Å². The molecule has 4 aliphatic rings. The van der Waals surface area contributed by atoms with Crippen molar-refractivity contribution >= 4 is 33.2 Å². The number of aromatic nitrogens is 3. The molecule has 4 atom stereocenters. The molecule has 164 valence electrons. The third-order valence-corrected chi connectivity index (χ3v) is 7.55. The SMILES string of the molecule is CCOc1ccc(NC(=O)C23C[C@H]4C[C@@H](C2)CC(n2cnc(Br)n2)(C4)C3)c([N+](=O)[O-])c1. The van der Waals surface area contributed by atoms with Gasteiger partial charge in [0, 0.05) is 0 Å². The third kappa shape index (κ3) is 3.40. The maximum absolute atomic E-state index is 13.6. The lowest BCUT2D eigenvalue weighted by Crippen LogP contribution is -2.60. The van der Waals surface area contributed by atoms with Gasteiger partial charge < -0.3 is 10.1 Å². The van der Waals surface area contributed by atoms with Gasteiger partial charge in [-0.2, -0.15) is 0 Å². The van der Waals surface area contributed by atoms with E-state index in [9.17, 15) is 14.9 Å². The summed E-state index contributed by atoms with van der Waals surface area (Å²) in [7, 11) is 0. The van der Waals surface area contributed by atoms with Crippen molar-refractivity contribution in [2.45, 2.75) is 51.0 Å². The number of carbonyl (C=O) groups is 1. The zero-order valence-electron chi connectivity index (χ0n) is 17.2. The molecule has 0 aliphatic heterocycles. The number of benzene rings is 1. The molecule has 9 nitrogen and oxygen atoms in total. The van der Waals surface area contributed by atoms with Crippen LogP contribution in [0.25, 0.3) is 0 Å². The van der Waals surface area contributed by atoms with Gasteiger partial charge in [0.05, 0.1) is 28.6 Å². The van der Waals surface area contributed by atoms with Crippen molar-refractivity contribution in [3.63, 3.8) is 0 Å². The van der Waals surface area contributed by atoms with Crippen LogP contribution in [0.4, 0.5) is 11.4 Å². The molecule has 10 heteroatoms. The number of nitro groups is 1. The van der Waals surface area contributed by atoms with E-state index in [1.807, 2.05) is 11.6 Å². The van der Waals surface area contributed by atoms with E-state index >= 15 is 0 Å². The molecule has 1 aromatic heterocycles. The number of nitro benzene ring substituents is 1. The second-order valence-corrected chi connectivity index (χ2v) is 9.96. The fraction of sp³-hybridized carbons (Fsp3) is 0.571. The van der Waals surface area contributed by atoms with Gasteiger partial charge in [-0.25, -0.2) is 9.67 Å². The number of carbonyl (C=O) groups excluding carboxylic acids is 1. The molecule has 4 saturated carbocycles. The summed E-state index contributed by atoms with van der Waals surface area (Å²) in [6.07, 6.45) is 7.19. The molecule has 6 rings (SSSR count). The molecule has 4 aliphatic carbocycles. The molecule has 1 aromatic carbocycles. The van der Waals surface area contributed by atoms with Crippen LogP contribution in [0, 0.1) is 27.4 Å². The first-order chi connectivity index (χ1) is 14.8. The minimum Gasteiger partial charge on any atom is -0.494 e. The maximum atomic E-state index is 13.6. The molecule has 31 heavy (non-hydrogen) atoms. The number of nitrogens with zero attached hydrogens (tertiary/aromatic N) is 4. The number of halogens is 1. The van der Waals surface area contributed by atoms with E-state index < -0.39 is 10.3 Å². The molecule has 2 unspecified atom stereocenters. The van der Waals surface area contributed by atoms with E-state index in [4.69, 9.17) is 4.74 Å². The van der Waals surface area contributed by atoms with Crippen LogP contribution in [0.1, 0.15) is 45.4 Å². The van der Waals surface area contributed by atoms with E-state index in [0.717, 1.165) is 32.1 Å². The van der Waals surface area contributed by atoms with Crippen LogP contribution in [0.5, 0.6) is 5.75 Å². The van der Waals surface area contributed by atoms with Gasteiger partial charge in [0.25, 0.3) is 5.69 Å². The summed E-state index contributed by atoms with van der Waals surface area (Å²) in [6.45, 7) is 2.23. The van der Waals surface area contributed by atoms with Gasteiger partial charge in [0.2, 0.25) is 10.6 Å². The minimum absolute atomic E-state index is 0.127. The summed E-state index contributed by atoms with van der Waals surface area (Å²) >= 11 is 3.34. The third-order valence-electron chi connectivity index (χ3n) is 7.19. The van der Waals surface area contributed by atoms with Crippen molar-refractivity contribution < 1.29 is 14.5 Å². The Kier molecular flexibility index (Phi) is 4.80. The van der Waals surface area contributed by atoms with Crippen molar-refractivity contribution in [3.05, 3.63) is 39.4 Å². The van der Waals surface area contributed by atoms with Gasteiger partial charge in [-0.1, -0.05) is 0 Å². The smallest absolute Gasteiger partial charge is 0.296 e. The van der Waals surface area contributed by atoms with Gasteiger partial charge in [-0.3, -0.25) is 14.9 Å². The zero-order valence-corrected chi connectivity index (χ0v) is 18.8. The Bertz CT molecular complexity index is 1040. The molecule has 0 saturated heterocycles. The molecule has 1 amide bonds. The lowest BCUT2D eigenvalue weighted by Gasteiger charge is -2.60. The van der Waals surface area contributed by atoms with Crippen molar-refractivity contribution in [2.75, 3.05) is 11.9 Å². The van der Waals surface area contributed by atoms with Crippen molar-refractivity contribution in [3.8, 4) is 5.75 Å². The quantitative estimate of drug-likeness (QED) is 0.478. The molecule has 1 N–H and O–H groups in total. The van der Waals surface area contributed by atoms with Gasteiger partial charge in [-0.05, 0) is 85.3 Å². The van der Waals surface area contributed by atoms with Crippen LogP contribution in [-0.2, 0) is 10.3 Å². The number of anilines is 1. The number of hydrogen-bond donors (Lipinski definition) is 1. The van der Waals surface area contributed by atoms with Crippen molar-refractivity contribution in [1.82, 2.24) is 14.8 Å². The Hall–Kier alpha value is -2.49. The lowest BCUT2D eigenvalue weighted by atomic mass is 9.46. The Morgan fingerprint density at radius 2 is 2.10 bits per heavy atom. The second-order valence-electron chi connectivity index (χ2n) is 9.25. The Balaban J connectivity index is 1.45. The fourth-order valence-electron chi connectivity index (χ4n) is 6.50. The van der Waals surface area contributed by atoms with Crippen LogP contribution in [0.2, 0.25) is 0 Å². The summed E-state index contributed by atoms with van der Waals surface area (Å²) in [6, 6.07) is 4.58. The van der Waals surface area contributed by atoms with Crippen LogP contribution in [-0.4, -0.2) is 32.2 Å². The van der Waals surface area contributed by atoms with Crippen LogP contribution in [0.15, 0.2) is 29.3 Å². The molecular formula is C21H24BrN5O4. The maximum Gasteiger partial charge on any atom is 0.296 e. The predicted octanol–water partition coefficient (Wildman–Crippen LogP) is 4.28. The number of amides is 1. The highest BCUT2D eigenvalue weighted by atomic mass is 79.9. The summed E-state index contributed by atoms with van der Waals surface area (Å²) in [4.78, 5) is 29.0. The zero-order chi connectivity index (χ0) is 21.8. The summed E-state index contributed by atoms with van der Waals surface area (Å²) in [5, 5.41) is 19.1. The first-order valence-corrected chi connectivity index (χ1v) is 11.4. The molecular weight excluding hydrogens is 466 g/mol. The van der Waals surface area contributed by atoms with Crippen LogP contribution < -0.4 is 10.1 Å². The number of hydrogen-bond acceptors (Lipinski definition) is 6. The average molecular weight is 490 g/mol. The summed E-state index contributed by atoms with van der Waals surface area (Å²) < 4.78 is 7.87. The van der Waals surface area contributed by atoms with E-state index in [0.29, 0.717) is 35.3 Å². The van der Waals surface area contributed by atoms with Gasteiger partial charge in [-0.15, -0.1) is 5.10 Å². The summed E-state index contributed by atoms with van der Waals surface area (Å²) in [5.41, 5.74) is -0.703. The average Bonchev–Trinajstić information content (AvgIpc) is 3.15. The molecule has 4 fully saturated rings. The predicted molar refractivity (Wildman–Crippen MR) is 116 cm³/mol. The molecule has 0 spiro atoms. The largest absolute Gasteiger partial charge is 0.494 e. The fourth-order valence-corrected chi connectivity index (χ4v) is 6.76. The number of rotatable bonds is 6. The van der Waals surface area contributed by atoms with Crippen molar-refractivity contribution in [2.24, 2.45) is 17.3 Å². The van der Waals surface area contributed by atoms with E-state index in [1.165, 1.54) is 6.07 Å². The Labute approximate surface area is 187 Å². The number of nitrogens with one attached hydrogen (secondary N) is 1. The molecule has 4 bridgehead atoms. The first-order valence-electron chi connectivity index (χ1n) is 10.6. The highest BCUT2D eigenvalue weighted by Crippen LogP contribution is 2.64. The normalized spacial score (nSPS) is 30.9. The second kappa shape index (κ2) is 7.29. The standard InChI is InChI=1S/C21H24BrN5O4/c1-2-31-15-3-4-16(17(6-15)27(29)30)24-18(28)20-7-13-5-14(8-20)10-21(9-13,11-20)26-12-23-19(22)25-26/h3-4,6,12-14H,2,5,7-11H2,1H3,(H,24,28)/t13-,14+,20?,21?. The van der Waals surface area contributed by atoms with Crippen LogP contribution in [0.3, 0.4) is 0 Å². The molecule has 0 radical (unpaired) electrons. The molecule has 1 heterocycles. The minimum atomic E-state index is -0.547. The summed E-state index contributed by atoms with van der Waals surface area (Å²) in [5.74, 6) is 1.19. The highest BCUT2D eigenvalue weighted by molar-refractivity contribution is 9.10.